The zero-order valence-electron chi connectivity index (χ0n) is 30.0. The van der Waals surface area contributed by atoms with Crippen molar-refractivity contribution in [2.75, 3.05) is 31.5 Å². The zero-order chi connectivity index (χ0) is 38.5. The summed E-state index contributed by atoms with van der Waals surface area (Å²) in [6.07, 6.45) is 0.262. The van der Waals surface area contributed by atoms with Gasteiger partial charge in [0.05, 0.1) is 24.8 Å². The summed E-state index contributed by atoms with van der Waals surface area (Å²) in [4.78, 5) is 45.5. The molecule has 0 aliphatic carbocycles. The van der Waals surface area contributed by atoms with E-state index < -0.39 is 58.7 Å². The van der Waals surface area contributed by atoms with E-state index in [1.165, 1.54) is 37.3 Å². The first kappa shape index (κ1) is 39.4. The quantitative estimate of drug-likeness (QED) is 0.134. The van der Waals surface area contributed by atoms with Gasteiger partial charge < -0.3 is 24.6 Å². The van der Waals surface area contributed by atoms with E-state index in [1.807, 2.05) is 0 Å². The first-order chi connectivity index (χ1) is 25.1. The highest BCUT2D eigenvalue weighted by Gasteiger charge is 2.45. The molecule has 5 rings (SSSR count). The summed E-state index contributed by atoms with van der Waals surface area (Å²) in [7, 11) is 0. The predicted molar refractivity (Wildman–Crippen MR) is 193 cm³/mol. The van der Waals surface area contributed by atoms with E-state index >= 15 is 4.39 Å². The van der Waals surface area contributed by atoms with Crippen molar-refractivity contribution in [3.63, 3.8) is 0 Å². The van der Waals surface area contributed by atoms with Crippen LogP contribution in [0.25, 0.3) is 10.4 Å². The molecule has 1 spiro atoms. The molecule has 3 amide bonds. The van der Waals surface area contributed by atoms with Crippen LogP contribution in [0.5, 0.6) is 0 Å². The van der Waals surface area contributed by atoms with Crippen molar-refractivity contribution in [3.05, 3.63) is 110 Å². The number of halogens is 4. The molecule has 2 fully saturated rings. The Labute approximate surface area is 311 Å². The number of amides is 3. The van der Waals surface area contributed by atoms with Gasteiger partial charge in [0.25, 0.3) is 0 Å². The molecule has 2 aliphatic rings. The lowest BCUT2D eigenvalue weighted by atomic mass is 9.84. The van der Waals surface area contributed by atoms with Gasteiger partial charge in [0, 0.05) is 53.2 Å². The Morgan fingerprint density at radius 3 is 2.30 bits per heavy atom. The lowest BCUT2D eigenvalue weighted by Gasteiger charge is -2.50. The molecular formula is C38H42ClF3N6O5. The average Bonchev–Trinajstić information content (AvgIpc) is 3.07. The Morgan fingerprint density at radius 1 is 1.04 bits per heavy atom. The van der Waals surface area contributed by atoms with Crippen LogP contribution in [0.4, 0.5) is 23.7 Å². The van der Waals surface area contributed by atoms with Crippen molar-refractivity contribution in [1.29, 1.82) is 0 Å². The van der Waals surface area contributed by atoms with Crippen molar-refractivity contribution in [3.8, 4) is 0 Å². The lowest BCUT2D eigenvalue weighted by molar-refractivity contribution is -0.176. The van der Waals surface area contributed by atoms with Gasteiger partial charge in [-0.3, -0.25) is 9.59 Å². The number of morpholine rings is 1. The number of likely N-dealkylation sites (tertiary alicyclic amines) is 1. The molecule has 53 heavy (non-hydrogen) atoms. The van der Waals surface area contributed by atoms with E-state index in [4.69, 9.17) is 21.1 Å². The largest absolute Gasteiger partial charge is 0.444 e. The minimum Gasteiger partial charge on any atom is -0.444 e. The molecule has 2 aliphatic heterocycles. The van der Waals surface area contributed by atoms with E-state index in [0.29, 0.717) is 42.6 Å². The number of benzene rings is 3. The second kappa shape index (κ2) is 16.5. The van der Waals surface area contributed by atoms with Gasteiger partial charge in [0.2, 0.25) is 11.8 Å². The number of rotatable bonds is 9. The van der Waals surface area contributed by atoms with Crippen LogP contribution in [-0.4, -0.2) is 77.2 Å². The van der Waals surface area contributed by atoms with E-state index in [2.05, 4.69) is 15.3 Å². The smallest absolute Gasteiger partial charge is 0.410 e. The number of carbonyl (C=O) groups excluding carboxylic acids is 3. The second-order valence-electron chi connectivity index (χ2n) is 14.5. The number of ether oxygens (including phenoxy) is 2. The highest BCUT2D eigenvalue weighted by atomic mass is 35.5. The Balaban J connectivity index is 1.40. The molecule has 0 aromatic heterocycles. The Hall–Kier alpha value is -4.78. The van der Waals surface area contributed by atoms with Gasteiger partial charge in [-0.05, 0) is 99.5 Å². The summed E-state index contributed by atoms with van der Waals surface area (Å²) in [5.41, 5.74) is 8.70. The summed E-state index contributed by atoms with van der Waals surface area (Å²) < 4.78 is 56.8. The SMILES string of the molecule is CC(=O)N1CCC2(CC1)CN(C(=O)OC(C)(C)C)CC(CCc1c(F)cccc1NC(=O)[C@@H](N=[N+]=[N-])[C@@H](c1ccc(Cl)cc1)c1cc(F)cc(F)c1)O2. The molecule has 3 atom stereocenters. The third kappa shape index (κ3) is 10.0. The minimum atomic E-state index is -1.57. The van der Waals surface area contributed by atoms with E-state index in [9.17, 15) is 28.7 Å². The average molecular weight is 755 g/mol. The molecule has 3 aromatic carbocycles. The second-order valence-corrected chi connectivity index (χ2v) is 14.9. The molecule has 2 heterocycles. The minimum absolute atomic E-state index is 0.0314. The van der Waals surface area contributed by atoms with Gasteiger partial charge in [-0.25, -0.2) is 18.0 Å². The van der Waals surface area contributed by atoms with Crippen molar-refractivity contribution in [2.24, 2.45) is 5.11 Å². The molecule has 1 unspecified atom stereocenters. The standard InChI is InChI=1S/C38H42ClF3N6O5/c1-23(49)47-16-14-38(15-17-47)22-48(36(51)53-37(2,3)4)21-29(52-38)12-13-30-31(42)6-5-7-32(30)44-35(50)34(45-46-43)33(24-8-10-26(39)11-9-24)25-18-27(40)20-28(41)19-25/h5-11,18-20,29,33-34H,12-17,21-22H2,1-4H3,(H,44,50)/t29?,33-,34-/m0/s1. The van der Waals surface area contributed by atoms with Crippen molar-refractivity contribution >= 4 is 35.2 Å². The van der Waals surface area contributed by atoms with Crippen LogP contribution in [0.2, 0.25) is 5.02 Å². The summed E-state index contributed by atoms with van der Waals surface area (Å²) in [5.74, 6) is -4.45. The zero-order valence-corrected chi connectivity index (χ0v) is 30.7. The Kier molecular flexibility index (Phi) is 12.3. The van der Waals surface area contributed by atoms with E-state index in [0.717, 1.165) is 12.1 Å². The van der Waals surface area contributed by atoms with Crippen molar-refractivity contribution in [1.82, 2.24) is 9.80 Å². The molecule has 15 heteroatoms. The molecule has 3 aromatic rings. The molecule has 282 valence electrons. The number of hydrogen-bond donors (Lipinski definition) is 1. The number of nitrogens with zero attached hydrogens (tertiary/aromatic N) is 5. The maximum absolute atomic E-state index is 15.6. The van der Waals surface area contributed by atoms with Gasteiger partial charge in [-0.1, -0.05) is 34.9 Å². The summed E-state index contributed by atoms with van der Waals surface area (Å²) in [5, 5.41) is 6.80. The van der Waals surface area contributed by atoms with E-state index in [-0.39, 0.29) is 48.7 Å². The lowest BCUT2D eigenvalue weighted by Crippen LogP contribution is -2.61. The number of carbonyl (C=O) groups is 3. The fourth-order valence-corrected chi connectivity index (χ4v) is 7.08. The number of piperidine rings is 1. The normalized spacial score (nSPS) is 18.2. The summed E-state index contributed by atoms with van der Waals surface area (Å²) in [6.45, 7) is 8.20. The molecule has 0 bridgehead atoms. The maximum atomic E-state index is 15.6. The molecule has 11 nitrogen and oxygen atoms in total. The first-order valence-electron chi connectivity index (χ1n) is 17.3. The van der Waals surface area contributed by atoms with Gasteiger partial charge in [-0.2, -0.15) is 0 Å². The van der Waals surface area contributed by atoms with Crippen molar-refractivity contribution < 1.29 is 37.0 Å². The van der Waals surface area contributed by atoms with Crippen LogP contribution in [0.1, 0.15) is 69.6 Å². The third-order valence-corrected chi connectivity index (χ3v) is 9.67. The number of nitrogens with one attached hydrogen (secondary N) is 1. The third-order valence-electron chi connectivity index (χ3n) is 9.42. The number of anilines is 1. The van der Waals surface area contributed by atoms with E-state index in [1.54, 1.807) is 42.7 Å². The molecule has 0 radical (unpaired) electrons. The van der Waals surface area contributed by atoms with Crippen LogP contribution < -0.4 is 5.32 Å². The van der Waals surface area contributed by atoms with Crippen LogP contribution in [0, 0.1) is 17.5 Å². The Morgan fingerprint density at radius 2 is 1.70 bits per heavy atom. The molecule has 0 saturated carbocycles. The van der Waals surface area contributed by atoms with Crippen LogP contribution in [-0.2, 0) is 25.5 Å². The van der Waals surface area contributed by atoms with Gasteiger partial charge in [-0.15, -0.1) is 0 Å². The number of hydrogen-bond acceptors (Lipinski definition) is 6. The van der Waals surface area contributed by atoms with Crippen LogP contribution in [0.3, 0.4) is 0 Å². The topological polar surface area (TPSA) is 137 Å². The number of azide groups is 1. The fraction of sp³-hybridized carbons (Fsp3) is 0.447. The monoisotopic (exact) mass is 754 g/mol. The highest BCUT2D eigenvalue weighted by molar-refractivity contribution is 6.30. The first-order valence-corrected chi connectivity index (χ1v) is 17.7. The molecule has 2 saturated heterocycles. The van der Waals surface area contributed by atoms with Crippen LogP contribution >= 0.6 is 11.6 Å². The van der Waals surface area contributed by atoms with Crippen molar-refractivity contribution in [2.45, 2.75) is 82.6 Å². The van der Waals surface area contributed by atoms with Gasteiger partial charge in [0.15, 0.2) is 0 Å². The Bertz CT molecular complexity index is 1860. The molecule has 1 N–H and O–H groups in total. The highest BCUT2D eigenvalue weighted by Crippen LogP contribution is 2.36. The summed E-state index contributed by atoms with van der Waals surface area (Å²) >= 11 is 6.08. The fourth-order valence-electron chi connectivity index (χ4n) is 6.96. The van der Waals surface area contributed by atoms with Gasteiger partial charge >= 0.3 is 6.09 Å². The summed E-state index contributed by atoms with van der Waals surface area (Å²) in [6, 6.07) is 11.5. The maximum Gasteiger partial charge on any atom is 0.410 e. The molecular weight excluding hydrogens is 713 g/mol. The predicted octanol–water partition coefficient (Wildman–Crippen LogP) is 8.16. The van der Waals surface area contributed by atoms with Crippen LogP contribution in [0.15, 0.2) is 65.8 Å². The van der Waals surface area contributed by atoms with Gasteiger partial charge in [0.1, 0.15) is 29.1 Å².